The molecule has 3 nitrogen and oxygen atoms in total. The van der Waals surface area contributed by atoms with Crippen molar-refractivity contribution in [3.05, 3.63) is 78.4 Å². The van der Waals surface area contributed by atoms with Crippen molar-refractivity contribution in [2.24, 2.45) is 0 Å². The van der Waals surface area contributed by atoms with E-state index in [9.17, 15) is 8.42 Å². The molecule has 3 aromatic carbocycles. The minimum atomic E-state index is -3.71. The van der Waals surface area contributed by atoms with E-state index in [1.165, 1.54) is 11.4 Å². The SMILES string of the molecule is CN(c1ccccc1)S(=O)(=O)C#Cc1cccc2ccccc12. The van der Waals surface area contributed by atoms with Crippen LogP contribution in [0.4, 0.5) is 5.69 Å². The third kappa shape index (κ3) is 3.20. The Balaban J connectivity index is 2.00. The highest BCUT2D eigenvalue weighted by Gasteiger charge is 2.14. The fourth-order valence-corrected chi connectivity index (χ4v) is 3.07. The van der Waals surface area contributed by atoms with Gasteiger partial charge in [-0.25, -0.2) is 0 Å². The fraction of sp³-hybridized carbons (Fsp3) is 0.0526. The Kier molecular flexibility index (Phi) is 4.05. The molecule has 3 aromatic rings. The molecule has 0 saturated carbocycles. The second-order valence-electron chi connectivity index (χ2n) is 5.06. The minimum absolute atomic E-state index is 0.583. The van der Waals surface area contributed by atoms with Gasteiger partial charge in [0.05, 0.1) is 10.9 Å². The highest BCUT2D eigenvalue weighted by atomic mass is 32.2. The maximum atomic E-state index is 12.4. The van der Waals surface area contributed by atoms with Gasteiger partial charge in [-0.1, -0.05) is 54.6 Å². The zero-order chi connectivity index (χ0) is 16.3. The van der Waals surface area contributed by atoms with E-state index in [4.69, 9.17) is 0 Å². The van der Waals surface area contributed by atoms with Crippen LogP contribution in [-0.4, -0.2) is 15.5 Å². The average molecular weight is 321 g/mol. The topological polar surface area (TPSA) is 37.4 Å². The van der Waals surface area contributed by atoms with Crippen molar-refractivity contribution in [3.8, 4) is 11.2 Å². The summed E-state index contributed by atoms with van der Waals surface area (Å²) >= 11 is 0. The number of hydrogen-bond donors (Lipinski definition) is 0. The molecular formula is C19H15NO2S. The van der Waals surface area contributed by atoms with Gasteiger partial charge in [0, 0.05) is 12.6 Å². The number of fused-ring (bicyclic) bond motifs is 1. The van der Waals surface area contributed by atoms with Crippen molar-refractivity contribution in [3.63, 3.8) is 0 Å². The Morgan fingerprint density at radius 3 is 2.26 bits per heavy atom. The minimum Gasteiger partial charge on any atom is -0.263 e. The van der Waals surface area contributed by atoms with Crippen molar-refractivity contribution in [2.75, 3.05) is 11.4 Å². The lowest BCUT2D eigenvalue weighted by atomic mass is 10.1. The van der Waals surface area contributed by atoms with E-state index in [0.29, 0.717) is 11.3 Å². The summed E-state index contributed by atoms with van der Waals surface area (Å²) < 4.78 is 26.0. The maximum absolute atomic E-state index is 12.4. The third-order valence-corrected chi connectivity index (χ3v) is 4.88. The summed E-state index contributed by atoms with van der Waals surface area (Å²) in [5.41, 5.74) is 1.29. The Morgan fingerprint density at radius 1 is 0.826 bits per heavy atom. The van der Waals surface area contributed by atoms with Gasteiger partial charge < -0.3 is 0 Å². The van der Waals surface area contributed by atoms with Crippen LogP contribution in [0.15, 0.2) is 72.8 Å². The first-order chi connectivity index (χ1) is 11.1. The van der Waals surface area contributed by atoms with E-state index < -0.39 is 10.0 Å². The quantitative estimate of drug-likeness (QED) is 0.676. The van der Waals surface area contributed by atoms with Crippen LogP contribution in [0.1, 0.15) is 5.56 Å². The molecule has 0 aliphatic carbocycles. The van der Waals surface area contributed by atoms with Crippen molar-refractivity contribution < 1.29 is 8.42 Å². The largest absolute Gasteiger partial charge is 0.304 e. The number of benzene rings is 3. The normalized spacial score (nSPS) is 10.8. The second kappa shape index (κ2) is 6.15. The Bertz CT molecular complexity index is 994. The average Bonchev–Trinajstić information content (AvgIpc) is 2.60. The third-order valence-electron chi connectivity index (χ3n) is 3.58. The van der Waals surface area contributed by atoms with Crippen LogP contribution in [-0.2, 0) is 10.0 Å². The molecule has 114 valence electrons. The van der Waals surface area contributed by atoms with E-state index in [1.807, 2.05) is 48.5 Å². The van der Waals surface area contributed by atoms with E-state index in [-0.39, 0.29) is 0 Å². The van der Waals surface area contributed by atoms with Gasteiger partial charge >= 0.3 is 10.0 Å². The molecule has 0 bridgehead atoms. The zero-order valence-electron chi connectivity index (χ0n) is 12.6. The highest BCUT2D eigenvalue weighted by molar-refractivity contribution is 7.97. The van der Waals surface area contributed by atoms with Crippen LogP contribution in [0.5, 0.6) is 0 Å². The Hall–Kier alpha value is -2.77. The van der Waals surface area contributed by atoms with Crippen LogP contribution in [0.25, 0.3) is 10.8 Å². The molecule has 0 aromatic heterocycles. The van der Waals surface area contributed by atoms with Gasteiger partial charge in [0.15, 0.2) is 0 Å². The molecule has 23 heavy (non-hydrogen) atoms. The van der Waals surface area contributed by atoms with Crippen LogP contribution < -0.4 is 4.31 Å². The van der Waals surface area contributed by atoms with Crippen LogP contribution in [0.3, 0.4) is 0 Å². The molecule has 0 heterocycles. The van der Waals surface area contributed by atoms with Gasteiger partial charge in [-0.05, 0) is 34.9 Å². The standard InChI is InChI=1S/C19H15NO2S/c1-20(18-11-3-2-4-12-18)23(21,22)15-14-17-10-7-9-16-8-5-6-13-19(16)17/h2-13H,1H3. The van der Waals surface area contributed by atoms with Crippen molar-refractivity contribution in [2.45, 2.75) is 0 Å². The van der Waals surface area contributed by atoms with E-state index in [2.05, 4.69) is 11.2 Å². The van der Waals surface area contributed by atoms with Gasteiger partial charge in [-0.15, -0.1) is 0 Å². The maximum Gasteiger partial charge on any atom is 0.304 e. The summed E-state index contributed by atoms with van der Waals surface area (Å²) in [5.74, 6) is 2.80. The van der Waals surface area contributed by atoms with Crippen LogP contribution in [0, 0.1) is 11.2 Å². The molecular weight excluding hydrogens is 306 g/mol. The Labute approximate surface area is 136 Å². The molecule has 0 aliphatic heterocycles. The molecule has 0 fully saturated rings. The van der Waals surface area contributed by atoms with Crippen LogP contribution in [0.2, 0.25) is 0 Å². The summed E-state index contributed by atoms with van der Waals surface area (Å²) in [7, 11) is -2.21. The number of nitrogens with zero attached hydrogens (tertiary/aromatic N) is 1. The van der Waals surface area contributed by atoms with E-state index >= 15 is 0 Å². The van der Waals surface area contributed by atoms with Crippen molar-refractivity contribution in [1.82, 2.24) is 0 Å². The van der Waals surface area contributed by atoms with Crippen LogP contribution >= 0.6 is 0 Å². The number of anilines is 1. The smallest absolute Gasteiger partial charge is 0.263 e. The first-order valence-electron chi connectivity index (χ1n) is 7.12. The molecule has 3 rings (SSSR count). The molecule has 0 spiro atoms. The second-order valence-corrected chi connectivity index (χ2v) is 6.76. The van der Waals surface area contributed by atoms with Crippen molar-refractivity contribution >= 4 is 26.5 Å². The molecule has 0 aliphatic rings. The van der Waals surface area contributed by atoms with Gasteiger partial charge in [0.25, 0.3) is 0 Å². The predicted octanol–water partition coefficient (Wildman–Crippen LogP) is 3.62. The molecule has 0 amide bonds. The van der Waals surface area contributed by atoms with Gasteiger partial charge in [0.1, 0.15) is 0 Å². The predicted molar refractivity (Wildman–Crippen MR) is 94.6 cm³/mol. The summed E-state index contributed by atoms with van der Waals surface area (Å²) in [6.45, 7) is 0. The number of para-hydroxylation sites is 1. The molecule has 0 atom stereocenters. The van der Waals surface area contributed by atoms with Gasteiger partial charge in [0.2, 0.25) is 0 Å². The van der Waals surface area contributed by atoms with E-state index in [0.717, 1.165) is 10.8 Å². The lowest BCUT2D eigenvalue weighted by molar-refractivity contribution is 0.604. The molecule has 0 unspecified atom stereocenters. The van der Waals surface area contributed by atoms with Crippen molar-refractivity contribution in [1.29, 1.82) is 0 Å². The lowest BCUT2D eigenvalue weighted by Gasteiger charge is -2.15. The molecule has 4 heteroatoms. The monoisotopic (exact) mass is 321 g/mol. The van der Waals surface area contributed by atoms with E-state index in [1.54, 1.807) is 24.3 Å². The molecule has 0 saturated heterocycles. The molecule has 0 N–H and O–H groups in total. The molecule has 0 radical (unpaired) electrons. The fourth-order valence-electron chi connectivity index (χ4n) is 2.30. The zero-order valence-corrected chi connectivity index (χ0v) is 13.4. The summed E-state index contributed by atoms with van der Waals surface area (Å²) in [4.78, 5) is 0. The summed E-state index contributed by atoms with van der Waals surface area (Å²) in [5, 5.41) is 4.39. The first-order valence-corrected chi connectivity index (χ1v) is 8.56. The summed E-state index contributed by atoms with van der Waals surface area (Å²) in [6.07, 6.45) is 0. The number of sulfonamides is 1. The lowest BCUT2D eigenvalue weighted by Crippen LogP contribution is -2.24. The highest BCUT2D eigenvalue weighted by Crippen LogP contribution is 2.18. The number of hydrogen-bond acceptors (Lipinski definition) is 2. The Morgan fingerprint density at radius 2 is 1.48 bits per heavy atom. The first kappa shape index (κ1) is 15.1. The number of rotatable bonds is 2. The summed E-state index contributed by atoms with van der Waals surface area (Å²) in [6, 6.07) is 22.3. The van der Waals surface area contributed by atoms with Gasteiger partial charge in [-0.3, -0.25) is 4.31 Å². The van der Waals surface area contributed by atoms with Gasteiger partial charge in [-0.2, -0.15) is 8.42 Å².